The smallest absolute Gasteiger partial charge is 0.352 e. The Hall–Kier alpha value is -4.63. The third kappa shape index (κ3) is 5.72. The van der Waals surface area contributed by atoms with Crippen LogP contribution >= 0.6 is 0 Å². The van der Waals surface area contributed by atoms with Crippen LogP contribution in [0.4, 0.5) is 0 Å². The van der Waals surface area contributed by atoms with Crippen molar-refractivity contribution >= 4 is 34.1 Å². The number of carboxylic acid groups (broad SMARTS) is 2. The number of aromatic carboxylic acids is 1. The van der Waals surface area contributed by atoms with E-state index < -0.39 is 5.97 Å². The first-order valence-corrected chi connectivity index (χ1v) is 14.5. The van der Waals surface area contributed by atoms with Crippen LogP contribution in [0.3, 0.4) is 0 Å². The molecule has 0 fully saturated rings. The zero-order valence-electron chi connectivity index (χ0n) is 25.1. The van der Waals surface area contributed by atoms with Crippen molar-refractivity contribution in [3.8, 4) is 16.9 Å². The van der Waals surface area contributed by atoms with E-state index in [1.807, 2.05) is 36.0 Å². The lowest BCUT2D eigenvalue weighted by Gasteiger charge is -2.21. The molecule has 6 rings (SSSR count). The fraction of sp³-hybridized carbons (Fsp3) is 0.324. The number of fused-ring (bicyclic) bond motifs is 3. The largest absolute Gasteiger partial charge is 0.493 e. The first kappa shape index (κ1) is 29.8. The van der Waals surface area contributed by atoms with Gasteiger partial charge < -0.3 is 24.4 Å². The van der Waals surface area contributed by atoms with Gasteiger partial charge >= 0.3 is 5.97 Å². The number of hydrogen-bond acceptors (Lipinski definition) is 5. The van der Waals surface area contributed by atoms with Crippen molar-refractivity contribution in [3.05, 3.63) is 82.8 Å². The Balaban J connectivity index is 0.00000118. The van der Waals surface area contributed by atoms with Gasteiger partial charge in [0.25, 0.3) is 6.47 Å². The Morgan fingerprint density at radius 3 is 2.51 bits per heavy atom. The fourth-order valence-corrected chi connectivity index (χ4v) is 6.35. The standard InChI is InChI=1S/C33H36N4O3.CH2O2/c1-21-15-16-26-25(13-8-19-40-28-14-7-11-23-10-5-6-12-24(23)28)32(33(38)39)37-18-9-17-35(3)20-27-30(29(21)31(26)37)22(2)36(4)34-27;2-1-3/h5-7,10-12,14-16H,8-9,13,17-20H2,1-4H3,(H,38,39);1H,(H,2,3). The molecule has 0 saturated carbocycles. The van der Waals surface area contributed by atoms with Gasteiger partial charge in [-0.1, -0.05) is 48.5 Å². The molecule has 9 nitrogen and oxygen atoms in total. The van der Waals surface area contributed by atoms with Crippen LogP contribution in [0.5, 0.6) is 5.75 Å². The number of hydrogen-bond donors (Lipinski definition) is 2. The summed E-state index contributed by atoms with van der Waals surface area (Å²) in [6, 6.07) is 18.5. The summed E-state index contributed by atoms with van der Waals surface area (Å²) in [5.74, 6) is -0.0164. The highest BCUT2D eigenvalue weighted by molar-refractivity contribution is 6.05. The fourth-order valence-electron chi connectivity index (χ4n) is 6.35. The first-order valence-electron chi connectivity index (χ1n) is 14.5. The number of carbonyl (C=O) groups is 2. The molecule has 0 saturated heterocycles. The number of carboxylic acids is 1. The van der Waals surface area contributed by atoms with Crippen LogP contribution in [0.15, 0.2) is 54.6 Å². The highest BCUT2D eigenvalue weighted by Gasteiger charge is 2.28. The van der Waals surface area contributed by atoms with E-state index in [2.05, 4.69) is 60.7 Å². The minimum absolute atomic E-state index is 0.250. The lowest BCUT2D eigenvalue weighted by Crippen LogP contribution is -2.23. The van der Waals surface area contributed by atoms with Crippen LogP contribution in [-0.4, -0.2) is 62.1 Å². The van der Waals surface area contributed by atoms with Gasteiger partial charge in [0, 0.05) is 47.7 Å². The van der Waals surface area contributed by atoms with Crippen molar-refractivity contribution in [2.45, 2.75) is 46.2 Å². The van der Waals surface area contributed by atoms with Gasteiger partial charge in [0.1, 0.15) is 11.4 Å². The molecule has 224 valence electrons. The van der Waals surface area contributed by atoms with Gasteiger partial charge in [0.15, 0.2) is 0 Å². The summed E-state index contributed by atoms with van der Waals surface area (Å²) in [5, 5.41) is 25.6. The Morgan fingerprint density at radius 1 is 1.00 bits per heavy atom. The Bertz CT molecular complexity index is 1800. The molecule has 2 aromatic heterocycles. The summed E-state index contributed by atoms with van der Waals surface area (Å²) in [7, 11) is 4.10. The average molecular weight is 583 g/mol. The van der Waals surface area contributed by atoms with Gasteiger partial charge in [-0.15, -0.1) is 0 Å². The summed E-state index contributed by atoms with van der Waals surface area (Å²) < 4.78 is 10.2. The van der Waals surface area contributed by atoms with E-state index in [9.17, 15) is 9.90 Å². The maximum Gasteiger partial charge on any atom is 0.352 e. The minimum Gasteiger partial charge on any atom is -0.493 e. The lowest BCUT2D eigenvalue weighted by atomic mass is 9.94. The Morgan fingerprint density at radius 2 is 1.74 bits per heavy atom. The second-order valence-corrected chi connectivity index (χ2v) is 11.1. The van der Waals surface area contributed by atoms with Crippen molar-refractivity contribution < 1.29 is 24.5 Å². The van der Waals surface area contributed by atoms with Crippen LogP contribution in [0, 0.1) is 13.8 Å². The molecule has 9 heteroatoms. The maximum absolute atomic E-state index is 12.8. The van der Waals surface area contributed by atoms with Crippen molar-refractivity contribution in [2.24, 2.45) is 7.05 Å². The molecule has 2 N–H and O–H groups in total. The molecule has 0 aliphatic carbocycles. The van der Waals surface area contributed by atoms with Crippen molar-refractivity contribution in [1.29, 1.82) is 0 Å². The Labute approximate surface area is 250 Å². The molecule has 0 bridgehead atoms. The molecule has 0 atom stereocenters. The van der Waals surface area contributed by atoms with Crippen LogP contribution < -0.4 is 4.74 Å². The van der Waals surface area contributed by atoms with Crippen LogP contribution in [0.2, 0.25) is 0 Å². The molecule has 3 heterocycles. The van der Waals surface area contributed by atoms with Crippen molar-refractivity contribution in [3.63, 3.8) is 0 Å². The molecule has 0 unspecified atom stereocenters. The molecular formula is C34H38N4O5. The van der Waals surface area contributed by atoms with Crippen LogP contribution in [0.25, 0.3) is 32.8 Å². The predicted octanol–water partition coefficient (Wildman–Crippen LogP) is 6.06. The number of benzene rings is 3. The molecule has 1 aliphatic heterocycles. The molecule has 43 heavy (non-hydrogen) atoms. The van der Waals surface area contributed by atoms with Gasteiger partial charge in [0.05, 0.1) is 17.8 Å². The molecule has 0 radical (unpaired) electrons. The van der Waals surface area contributed by atoms with Gasteiger partial charge in [-0.2, -0.15) is 5.10 Å². The first-order chi connectivity index (χ1) is 20.8. The number of ether oxygens (including phenoxy) is 1. The Kier molecular flexibility index (Phi) is 8.82. The average Bonchev–Trinajstić information content (AvgIpc) is 3.44. The van der Waals surface area contributed by atoms with E-state index in [0.29, 0.717) is 31.7 Å². The summed E-state index contributed by atoms with van der Waals surface area (Å²) in [5.41, 5.74) is 7.80. The predicted molar refractivity (Wildman–Crippen MR) is 168 cm³/mol. The van der Waals surface area contributed by atoms with E-state index in [4.69, 9.17) is 19.7 Å². The van der Waals surface area contributed by atoms with Crippen LogP contribution in [-0.2, 0) is 31.4 Å². The minimum atomic E-state index is -0.877. The zero-order chi connectivity index (χ0) is 30.7. The zero-order valence-corrected chi connectivity index (χ0v) is 25.1. The van der Waals surface area contributed by atoms with E-state index in [-0.39, 0.29) is 6.47 Å². The topological polar surface area (TPSA) is 110 Å². The number of aromatic nitrogens is 3. The van der Waals surface area contributed by atoms with Crippen molar-refractivity contribution in [1.82, 2.24) is 19.2 Å². The molecule has 5 aromatic rings. The molecule has 0 amide bonds. The van der Waals surface area contributed by atoms with E-state index in [1.165, 1.54) is 0 Å². The third-order valence-electron chi connectivity index (χ3n) is 8.32. The quantitative estimate of drug-likeness (QED) is 0.185. The summed E-state index contributed by atoms with van der Waals surface area (Å²) in [6.07, 6.45) is 2.20. The SMILES string of the molecule is Cc1ccc2c(CCCOc3cccc4ccccc34)c(C(=O)O)n3c2c1-c1c(nn(C)c1C)CN(C)CCC3.O=CO. The molecule has 1 aliphatic rings. The van der Waals surface area contributed by atoms with Crippen molar-refractivity contribution in [2.75, 3.05) is 20.2 Å². The molecule has 3 aromatic carbocycles. The summed E-state index contributed by atoms with van der Waals surface area (Å²) in [4.78, 5) is 23.5. The van der Waals surface area contributed by atoms with E-state index in [1.54, 1.807) is 0 Å². The van der Waals surface area contributed by atoms with E-state index in [0.717, 1.165) is 80.6 Å². The highest BCUT2D eigenvalue weighted by Crippen LogP contribution is 2.41. The molecule has 0 spiro atoms. The van der Waals surface area contributed by atoms with Gasteiger partial charge in [0.2, 0.25) is 0 Å². The highest BCUT2D eigenvalue weighted by atomic mass is 16.5. The van der Waals surface area contributed by atoms with Crippen LogP contribution in [0.1, 0.15) is 45.8 Å². The van der Waals surface area contributed by atoms with Gasteiger partial charge in [-0.25, -0.2) is 4.79 Å². The van der Waals surface area contributed by atoms with Gasteiger partial charge in [-0.3, -0.25) is 9.48 Å². The number of nitrogens with zero attached hydrogens (tertiary/aromatic N) is 4. The number of aryl methyl sites for hydroxylation is 4. The number of rotatable bonds is 6. The third-order valence-corrected chi connectivity index (χ3v) is 8.32. The maximum atomic E-state index is 12.8. The normalized spacial score (nSPS) is 13.3. The van der Waals surface area contributed by atoms with E-state index >= 15 is 0 Å². The second-order valence-electron chi connectivity index (χ2n) is 11.1. The monoisotopic (exact) mass is 582 g/mol. The molecular weight excluding hydrogens is 544 g/mol. The lowest BCUT2D eigenvalue weighted by molar-refractivity contribution is -0.122. The summed E-state index contributed by atoms with van der Waals surface area (Å²) in [6.45, 7) is 6.76. The van der Waals surface area contributed by atoms with Gasteiger partial charge in [-0.05, 0) is 69.3 Å². The second kappa shape index (κ2) is 12.7. The summed E-state index contributed by atoms with van der Waals surface area (Å²) >= 11 is 0.